The van der Waals surface area contributed by atoms with Crippen LogP contribution in [0.1, 0.15) is 37.2 Å². The SMILES string of the molecule is O=C(C[C@H]1CCC[C@H]1O)C(CO)c1ccc(Nc2ncc(-c3ccc(OC(F)F)cc3)cn2)cc1. The summed E-state index contributed by atoms with van der Waals surface area (Å²) in [6.45, 7) is -3.15. The summed E-state index contributed by atoms with van der Waals surface area (Å²) in [6.07, 6.45) is 5.56. The van der Waals surface area contributed by atoms with Crippen molar-refractivity contribution in [3.05, 3.63) is 66.5 Å². The molecule has 0 amide bonds. The van der Waals surface area contributed by atoms with Crippen molar-refractivity contribution in [2.24, 2.45) is 5.92 Å². The second-order valence-corrected chi connectivity index (χ2v) is 8.61. The van der Waals surface area contributed by atoms with Gasteiger partial charge in [0.05, 0.1) is 18.6 Å². The van der Waals surface area contributed by atoms with Crippen molar-refractivity contribution in [3.63, 3.8) is 0 Å². The summed E-state index contributed by atoms with van der Waals surface area (Å²) in [4.78, 5) is 21.3. The summed E-state index contributed by atoms with van der Waals surface area (Å²) >= 11 is 0. The highest BCUT2D eigenvalue weighted by Crippen LogP contribution is 2.31. The number of carbonyl (C=O) groups excluding carboxylic acids is 1. The van der Waals surface area contributed by atoms with E-state index in [2.05, 4.69) is 20.0 Å². The number of carbonyl (C=O) groups is 1. The molecule has 1 fully saturated rings. The Morgan fingerprint density at radius 1 is 1.03 bits per heavy atom. The fraction of sp³-hybridized carbons (Fsp3) is 0.346. The first-order valence-corrected chi connectivity index (χ1v) is 11.5. The highest BCUT2D eigenvalue weighted by atomic mass is 19.3. The molecule has 184 valence electrons. The van der Waals surface area contributed by atoms with E-state index in [1.807, 2.05) is 0 Å². The Kier molecular flexibility index (Phi) is 7.99. The number of nitrogens with one attached hydrogen (secondary N) is 1. The predicted octanol–water partition coefficient (Wildman–Crippen LogP) is 4.68. The molecule has 1 unspecified atom stereocenters. The highest BCUT2D eigenvalue weighted by Gasteiger charge is 2.30. The molecule has 0 bridgehead atoms. The van der Waals surface area contributed by atoms with E-state index >= 15 is 0 Å². The van der Waals surface area contributed by atoms with Crippen LogP contribution < -0.4 is 10.1 Å². The van der Waals surface area contributed by atoms with Crippen LogP contribution in [0.2, 0.25) is 0 Å². The summed E-state index contributed by atoms with van der Waals surface area (Å²) in [6, 6.07) is 13.3. The molecule has 1 aliphatic rings. The number of rotatable bonds is 10. The Morgan fingerprint density at radius 3 is 2.29 bits per heavy atom. The largest absolute Gasteiger partial charge is 0.435 e. The van der Waals surface area contributed by atoms with E-state index in [4.69, 9.17) is 0 Å². The number of ketones is 1. The first kappa shape index (κ1) is 24.7. The molecular formula is C26H27F2N3O4. The van der Waals surface area contributed by atoms with Crippen LogP contribution in [0.25, 0.3) is 11.1 Å². The van der Waals surface area contributed by atoms with E-state index in [1.165, 1.54) is 12.1 Å². The van der Waals surface area contributed by atoms with Gasteiger partial charge >= 0.3 is 6.61 Å². The highest BCUT2D eigenvalue weighted by molar-refractivity contribution is 5.86. The molecule has 7 nitrogen and oxygen atoms in total. The van der Waals surface area contributed by atoms with E-state index in [-0.39, 0.29) is 30.5 Å². The molecule has 3 atom stereocenters. The van der Waals surface area contributed by atoms with Crippen LogP contribution in [0.15, 0.2) is 60.9 Å². The van der Waals surface area contributed by atoms with E-state index in [1.54, 1.807) is 48.8 Å². The number of hydrogen-bond donors (Lipinski definition) is 3. The average molecular weight is 484 g/mol. The number of halogens is 2. The number of alkyl halides is 2. The molecule has 0 aliphatic heterocycles. The Bertz CT molecular complexity index is 1110. The molecular weight excluding hydrogens is 456 g/mol. The van der Waals surface area contributed by atoms with Crippen LogP contribution in [-0.2, 0) is 4.79 Å². The molecule has 1 aromatic heterocycles. The molecule has 0 radical (unpaired) electrons. The molecule has 3 aromatic rings. The van der Waals surface area contributed by atoms with Crippen LogP contribution in [0.3, 0.4) is 0 Å². The number of ether oxygens (including phenoxy) is 1. The van der Waals surface area contributed by atoms with Gasteiger partial charge in [0, 0.05) is 30.1 Å². The van der Waals surface area contributed by atoms with Gasteiger partial charge in [0.25, 0.3) is 0 Å². The van der Waals surface area contributed by atoms with Gasteiger partial charge in [-0.3, -0.25) is 4.79 Å². The molecule has 0 spiro atoms. The quantitative estimate of drug-likeness (QED) is 0.384. The van der Waals surface area contributed by atoms with Gasteiger partial charge in [-0.15, -0.1) is 0 Å². The molecule has 1 heterocycles. The Balaban J connectivity index is 1.36. The van der Waals surface area contributed by atoms with E-state index in [0.717, 1.165) is 24.8 Å². The fourth-order valence-electron chi connectivity index (χ4n) is 4.35. The number of benzene rings is 2. The minimum Gasteiger partial charge on any atom is -0.435 e. The molecule has 1 saturated carbocycles. The second-order valence-electron chi connectivity index (χ2n) is 8.61. The van der Waals surface area contributed by atoms with Gasteiger partial charge in [0.1, 0.15) is 11.5 Å². The number of aliphatic hydroxyl groups excluding tert-OH is 2. The number of anilines is 2. The Labute approximate surface area is 201 Å². The van der Waals surface area contributed by atoms with Gasteiger partial charge in [-0.2, -0.15) is 8.78 Å². The van der Waals surface area contributed by atoms with Gasteiger partial charge < -0.3 is 20.3 Å². The molecule has 3 N–H and O–H groups in total. The lowest BCUT2D eigenvalue weighted by Crippen LogP contribution is -2.23. The van der Waals surface area contributed by atoms with Crippen LogP contribution in [0.4, 0.5) is 20.4 Å². The molecule has 1 aliphatic carbocycles. The zero-order valence-electron chi connectivity index (χ0n) is 19.0. The summed E-state index contributed by atoms with van der Waals surface area (Å²) < 4.78 is 28.9. The van der Waals surface area contributed by atoms with Gasteiger partial charge in [-0.05, 0) is 54.2 Å². The maximum atomic E-state index is 12.7. The average Bonchev–Trinajstić information content (AvgIpc) is 3.25. The zero-order chi connectivity index (χ0) is 24.8. The first-order valence-electron chi connectivity index (χ1n) is 11.5. The number of nitrogens with zero attached hydrogens (tertiary/aromatic N) is 2. The van der Waals surface area contributed by atoms with Gasteiger partial charge in [0.2, 0.25) is 5.95 Å². The lowest BCUT2D eigenvalue weighted by molar-refractivity contribution is -0.123. The summed E-state index contributed by atoms with van der Waals surface area (Å²) in [5.41, 5.74) is 2.90. The Morgan fingerprint density at radius 2 is 1.71 bits per heavy atom. The first-order chi connectivity index (χ1) is 16.9. The summed E-state index contributed by atoms with van der Waals surface area (Å²) in [7, 11) is 0. The molecule has 4 rings (SSSR count). The van der Waals surface area contributed by atoms with Crippen LogP contribution >= 0.6 is 0 Å². The molecule has 2 aromatic carbocycles. The second kappa shape index (κ2) is 11.3. The number of Topliss-reactive ketones (excluding diaryl/α,β-unsaturated/α-hetero) is 1. The fourth-order valence-corrected chi connectivity index (χ4v) is 4.35. The van der Waals surface area contributed by atoms with Crippen molar-refractivity contribution in [1.82, 2.24) is 9.97 Å². The molecule has 0 saturated heterocycles. The Hall–Kier alpha value is -3.43. The number of aromatic nitrogens is 2. The van der Waals surface area contributed by atoms with Gasteiger partial charge in [-0.25, -0.2) is 9.97 Å². The van der Waals surface area contributed by atoms with Gasteiger partial charge in [-0.1, -0.05) is 30.7 Å². The van der Waals surface area contributed by atoms with Crippen LogP contribution in [-0.4, -0.2) is 45.3 Å². The normalized spacial score (nSPS) is 18.4. The third-order valence-electron chi connectivity index (χ3n) is 6.29. The van der Waals surface area contributed by atoms with Gasteiger partial charge in [0.15, 0.2) is 0 Å². The maximum absolute atomic E-state index is 12.7. The molecule has 9 heteroatoms. The van der Waals surface area contributed by atoms with Crippen molar-refractivity contribution in [3.8, 4) is 16.9 Å². The lowest BCUT2D eigenvalue weighted by Gasteiger charge is -2.18. The van der Waals surface area contributed by atoms with Crippen LogP contribution in [0.5, 0.6) is 5.75 Å². The predicted molar refractivity (Wildman–Crippen MR) is 127 cm³/mol. The third kappa shape index (κ3) is 6.37. The topological polar surface area (TPSA) is 105 Å². The molecule has 35 heavy (non-hydrogen) atoms. The van der Waals surface area contributed by atoms with Crippen molar-refractivity contribution >= 4 is 17.4 Å². The van der Waals surface area contributed by atoms with Crippen molar-refractivity contribution < 1.29 is 28.5 Å². The zero-order valence-corrected chi connectivity index (χ0v) is 19.0. The van der Waals surface area contributed by atoms with E-state index in [9.17, 15) is 23.8 Å². The van der Waals surface area contributed by atoms with E-state index < -0.39 is 18.6 Å². The summed E-state index contributed by atoms with van der Waals surface area (Å²) in [5, 5.41) is 22.9. The van der Waals surface area contributed by atoms with Crippen molar-refractivity contribution in [2.45, 2.75) is 44.3 Å². The maximum Gasteiger partial charge on any atom is 0.387 e. The van der Waals surface area contributed by atoms with Crippen molar-refractivity contribution in [2.75, 3.05) is 11.9 Å². The smallest absolute Gasteiger partial charge is 0.387 e. The van der Waals surface area contributed by atoms with E-state index in [0.29, 0.717) is 22.8 Å². The summed E-state index contributed by atoms with van der Waals surface area (Å²) in [5.74, 6) is -0.268. The minimum atomic E-state index is -2.87. The lowest BCUT2D eigenvalue weighted by atomic mass is 9.88. The van der Waals surface area contributed by atoms with Crippen molar-refractivity contribution in [1.29, 1.82) is 0 Å². The van der Waals surface area contributed by atoms with Crippen LogP contribution in [0, 0.1) is 5.92 Å². The standard InChI is InChI=1S/C26H27F2N3O4/c27-25(28)35-21-10-6-16(7-11-21)19-13-29-26(30-14-19)31-20-8-4-17(5-9-20)22(15-32)24(34)12-18-2-1-3-23(18)33/h4-11,13-14,18,22-23,25,32-33H,1-3,12,15H2,(H,29,30,31)/t18-,22?,23-/m1/s1. The monoisotopic (exact) mass is 483 g/mol. The third-order valence-corrected chi connectivity index (χ3v) is 6.29. The number of hydrogen-bond acceptors (Lipinski definition) is 7. The number of aliphatic hydroxyl groups is 2. The minimum absolute atomic E-state index is 0.0264.